The zero-order valence-corrected chi connectivity index (χ0v) is 10.2. The Morgan fingerprint density at radius 3 is 2.58 bits per heavy atom. The van der Waals surface area contributed by atoms with E-state index in [1.54, 1.807) is 18.6 Å². The second kappa shape index (κ2) is 4.87. The highest BCUT2D eigenvalue weighted by Gasteiger charge is 2.15. The lowest BCUT2D eigenvalue weighted by molar-refractivity contribution is 0.944. The summed E-state index contributed by atoms with van der Waals surface area (Å²) in [6.07, 6.45) is 4.86. The van der Waals surface area contributed by atoms with E-state index in [2.05, 4.69) is 22.1 Å². The molecule has 0 aliphatic rings. The molecular weight excluding hydrogens is 234 g/mol. The van der Waals surface area contributed by atoms with Gasteiger partial charge in [0.1, 0.15) is 5.92 Å². The van der Waals surface area contributed by atoms with Gasteiger partial charge in [-0.3, -0.25) is 9.97 Å². The molecule has 0 aliphatic heterocycles. The van der Waals surface area contributed by atoms with Crippen molar-refractivity contribution in [3.8, 4) is 6.07 Å². The van der Waals surface area contributed by atoms with E-state index >= 15 is 0 Å². The highest BCUT2D eigenvalue weighted by molar-refractivity contribution is 5.83. The van der Waals surface area contributed by atoms with Crippen LogP contribution in [-0.4, -0.2) is 9.97 Å². The molecule has 19 heavy (non-hydrogen) atoms. The van der Waals surface area contributed by atoms with Gasteiger partial charge in [-0.15, -0.1) is 0 Å². The van der Waals surface area contributed by atoms with Gasteiger partial charge >= 0.3 is 0 Å². The van der Waals surface area contributed by atoms with Gasteiger partial charge in [-0.2, -0.15) is 5.26 Å². The van der Waals surface area contributed by atoms with Crippen LogP contribution in [0.4, 0.5) is 0 Å². The first-order valence-electron chi connectivity index (χ1n) is 6.03. The number of aromatic nitrogens is 2. The van der Waals surface area contributed by atoms with Crippen LogP contribution in [0.25, 0.3) is 10.8 Å². The Balaban J connectivity index is 2.10. The van der Waals surface area contributed by atoms with E-state index < -0.39 is 0 Å². The fourth-order valence-corrected chi connectivity index (χ4v) is 2.16. The minimum atomic E-state index is -0.377. The maximum absolute atomic E-state index is 9.39. The van der Waals surface area contributed by atoms with Crippen molar-refractivity contribution in [2.45, 2.75) is 5.92 Å². The Morgan fingerprint density at radius 2 is 1.84 bits per heavy atom. The molecule has 3 rings (SSSR count). The molecule has 1 aromatic heterocycles. The smallest absolute Gasteiger partial charge is 0.115 e. The van der Waals surface area contributed by atoms with Crippen molar-refractivity contribution in [2.24, 2.45) is 0 Å². The molecule has 3 nitrogen and oxygen atoms in total. The fourth-order valence-electron chi connectivity index (χ4n) is 2.16. The van der Waals surface area contributed by atoms with Crippen LogP contribution >= 0.6 is 0 Å². The molecule has 2 aromatic carbocycles. The molecule has 3 heteroatoms. The molecule has 0 radical (unpaired) electrons. The van der Waals surface area contributed by atoms with Crippen molar-refractivity contribution < 1.29 is 0 Å². The van der Waals surface area contributed by atoms with E-state index in [-0.39, 0.29) is 5.92 Å². The van der Waals surface area contributed by atoms with Crippen LogP contribution in [0.1, 0.15) is 17.2 Å². The number of rotatable bonds is 2. The normalized spacial score (nSPS) is 11.9. The predicted molar refractivity (Wildman–Crippen MR) is 73.4 cm³/mol. The summed E-state index contributed by atoms with van der Waals surface area (Å²) < 4.78 is 0. The van der Waals surface area contributed by atoms with E-state index in [0.717, 1.165) is 10.9 Å². The number of hydrogen-bond acceptors (Lipinski definition) is 3. The van der Waals surface area contributed by atoms with Crippen LogP contribution < -0.4 is 0 Å². The van der Waals surface area contributed by atoms with Crippen molar-refractivity contribution in [3.05, 3.63) is 72.3 Å². The summed E-state index contributed by atoms with van der Waals surface area (Å²) in [5.41, 5.74) is 1.63. The van der Waals surface area contributed by atoms with Crippen molar-refractivity contribution in [2.75, 3.05) is 0 Å². The van der Waals surface area contributed by atoms with Crippen molar-refractivity contribution in [1.29, 1.82) is 5.26 Å². The Hall–Kier alpha value is -2.73. The Morgan fingerprint density at radius 1 is 1.00 bits per heavy atom. The molecule has 0 fully saturated rings. The van der Waals surface area contributed by atoms with Gasteiger partial charge in [0.25, 0.3) is 0 Å². The van der Waals surface area contributed by atoms with Gasteiger partial charge in [0, 0.05) is 12.4 Å². The Bertz CT molecular complexity index is 745. The second-order valence-electron chi connectivity index (χ2n) is 4.30. The lowest BCUT2D eigenvalue weighted by Gasteiger charge is -2.09. The number of nitriles is 1. The molecule has 1 unspecified atom stereocenters. The van der Waals surface area contributed by atoms with Crippen LogP contribution in [0.5, 0.6) is 0 Å². The zero-order chi connectivity index (χ0) is 13.1. The van der Waals surface area contributed by atoms with Crippen LogP contribution in [0.15, 0.2) is 61.1 Å². The Labute approximate surface area is 111 Å². The van der Waals surface area contributed by atoms with Gasteiger partial charge in [0.2, 0.25) is 0 Å². The maximum Gasteiger partial charge on any atom is 0.115 e. The van der Waals surface area contributed by atoms with Gasteiger partial charge in [-0.1, -0.05) is 36.4 Å². The number of fused-ring (bicyclic) bond motifs is 1. The van der Waals surface area contributed by atoms with Crippen molar-refractivity contribution in [3.63, 3.8) is 0 Å². The van der Waals surface area contributed by atoms with Gasteiger partial charge in [-0.05, 0) is 22.4 Å². The van der Waals surface area contributed by atoms with E-state index in [1.165, 1.54) is 5.39 Å². The van der Waals surface area contributed by atoms with Crippen molar-refractivity contribution in [1.82, 2.24) is 9.97 Å². The lowest BCUT2D eigenvalue weighted by atomic mass is 9.95. The average Bonchev–Trinajstić information content (AvgIpc) is 2.49. The fraction of sp³-hybridized carbons (Fsp3) is 0.0625. The average molecular weight is 245 g/mol. The summed E-state index contributed by atoms with van der Waals surface area (Å²) in [7, 11) is 0. The molecule has 0 aliphatic carbocycles. The molecule has 1 atom stereocenters. The molecule has 0 saturated heterocycles. The van der Waals surface area contributed by atoms with Gasteiger partial charge in [0.05, 0.1) is 18.0 Å². The summed E-state index contributed by atoms with van der Waals surface area (Å²) in [6.45, 7) is 0. The predicted octanol–water partition coefficient (Wildman–Crippen LogP) is 3.29. The molecule has 0 spiro atoms. The minimum absolute atomic E-state index is 0.377. The van der Waals surface area contributed by atoms with Gasteiger partial charge in [0.15, 0.2) is 0 Å². The number of benzene rings is 2. The van der Waals surface area contributed by atoms with E-state index in [0.29, 0.717) is 5.69 Å². The first-order valence-corrected chi connectivity index (χ1v) is 6.03. The highest BCUT2D eigenvalue weighted by Crippen LogP contribution is 2.25. The highest BCUT2D eigenvalue weighted by atomic mass is 14.8. The molecule has 90 valence electrons. The summed E-state index contributed by atoms with van der Waals surface area (Å²) >= 11 is 0. The Kier molecular flexibility index (Phi) is 2.91. The summed E-state index contributed by atoms with van der Waals surface area (Å²) in [4.78, 5) is 8.25. The van der Waals surface area contributed by atoms with Crippen LogP contribution in [0.2, 0.25) is 0 Å². The monoisotopic (exact) mass is 245 g/mol. The van der Waals surface area contributed by atoms with Crippen LogP contribution in [0, 0.1) is 11.3 Å². The quantitative estimate of drug-likeness (QED) is 0.696. The lowest BCUT2D eigenvalue weighted by Crippen LogP contribution is -2.01. The van der Waals surface area contributed by atoms with E-state index in [9.17, 15) is 5.26 Å². The standard InChI is InChI=1S/C16H11N3/c17-10-15(16-11-18-7-8-19-16)14-6-5-12-3-1-2-4-13(12)9-14/h1-9,11,15H. The van der Waals surface area contributed by atoms with Gasteiger partial charge < -0.3 is 0 Å². The number of hydrogen-bond donors (Lipinski definition) is 0. The molecule has 3 aromatic rings. The number of nitrogens with zero attached hydrogens (tertiary/aromatic N) is 3. The molecule has 0 amide bonds. The first-order chi connectivity index (χ1) is 9.38. The molecule has 0 N–H and O–H groups in total. The third-order valence-corrected chi connectivity index (χ3v) is 3.11. The summed E-state index contributed by atoms with van der Waals surface area (Å²) in [6, 6.07) is 16.5. The third-order valence-electron chi connectivity index (χ3n) is 3.11. The van der Waals surface area contributed by atoms with E-state index in [4.69, 9.17) is 0 Å². The van der Waals surface area contributed by atoms with Gasteiger partial charge in [-0.25, -0.2) is 0 Å². The van der Waals surface area contributed by atoms with Crippen molar-refractivity contribution >= 4 is 10.8 Å². The molecular formula is C16H11N3. The van der Waals surface area contributed by atoms with E-state index in [1.807, 2.05) is 36.4 Å². The molecule has 1 heterocycles. The second-order valence-corrected chi connectivity index (χ2v) is 4.30. The summed E-state index contributed by atoms with van der Waals surface area (Å²) in [5.74, 6) is -0.377. The van der Waals surface area contributed by atoms with Crippen LogP contribution in [0.3, 0.4) is 0 Å². The molecule has 0 saturated carbocycles. The maximum atomic E-state index is 9.39. The zero-order valence-electron chi connectivity index (χ0n) is 10.2. The summed E-state index contributed by atoms with van der Waals surface area (Å²) in [5, 5.41) is 11.7. The van der Waals surface area contributed by atoms with Crippen LogP contribution in [-0.2, 0) is 0 Å². The molecule has 0 bridgehead atoms. The minimum Gasteiger partial charge on any atom is -0.261 e. The first kappa shape index (κ1) is 11.4. The largest absolute Gasteiger partial charge is 0.261 e. The third kappa shape index (κ3) is 2.16. The topological polar surface area (TPSA) is 49.6 Å². The SMILES string of the molecule is N#CC(c1ccc2ccccc2c1)c1cnccn1.